The zero-order chi connectivity index (χ0) is 9.84. The quantitative estimate of drug-likeness (QED) is 0.428. The van der Waals surface area contributed by atoms with Gasteiger partial charge in [-0.1, -0.05) is 0 Å². The monoisotopic (exact) mass is 188 g/mol. The van der Waals surface area contributed by atoms with E-state index in [9.17, 15) is 5.11 Å². The third-order valence-electron chi connectivity index (χ3n) is 2.62. The van der Waals surface area contributed by atoms with E-state index in [0.29, 0.717) is 24.0 Å². The minimum atomic E-state index is -0.559. The van der Waals surface area contributed by atoms with Gasteiger partial charge in [-0.3, -0.25) is 0 Å². The molecular formula is C9H16O4. The predicted octanol–water partition coefficient (Wildman–Crippen LogP) is -0.969. The molecule has 0 aromatic rings. The Labute approximate surface area is 77.1 Å². The van der Waals surface area contributed by atoms with Crippen LogP contribution in [-0.4, -0.2) is 46.4 Å². The van der Waals surface area contributed by atoms with E-state index < -0.39 is 6.10 Å². The molecule has 0 amide bonds. The highest BCUT2D eigenvalue weighted by Gasteiger charge is 2.31. The molecule has 1 aliphatic carbocycles. The van der Waals surface area contributed by atoms with Gasteiger partial charge >= 0.3 is 0 Å². The molecule has 0 saturated heterocycles. The molecule has 0 fully saturated rings. The molecule has 1 unspecified atom stereocenters. The zero-order valence-electron chi connectivity index (χ0n) is 7.48. The van der Waals surface area contributed by atoms with Crippen molar-refractivity contribution in [3.63, 3.8) is 0 Å². The van der Waals surface area contributed by atoms with E-state index in [1.165, 1.54) is 0 Å². The largest absolute Gasteiger partial charge is 0.396 e. The normalized spacial score (nSPS) is 28.6. The van der Waals surface area contributed by atoms with E-state index in [-0.39, 0.29) is 25.7 Å². The maximum absolute atomic E-state index is 9.55. The van der Waals surface area contributed by atoms with Crippen molar-refractivity contribution in [1.29, 1.82) is 0 Å². The van der Waals surface area contributed by atoms with Crippen molar-refractivity contribution in [2.45, 2.75) is 18.9 Å². The standard InChI is InChI=1S/C9H16O4/c10-2-1-7-8(5-12)6(4-11)3-9(7)13/h7,9-13H,1-5H2/t7-,9?/m1/s1. The molecule has 76 valence electrons. The summed E-state index contributed by atoms with van der Waals surface area (Å²) < 4.78 is 0. The van der Waals surface area contributed by atoms with Gasteiger partial charge in [0.15, 0.2) is 0 Å². The van der Waals surface area contributed by atoms with Crippen LogP contribution in [0.4, 0.5) is 0 Å². The lowest BCUT2D eigenvalue weighted by atomic mass is 9.96. The van der Waals surface area contributed by atoms with Crippen LogP contribution in [0.5, 0.6) is 0 Å². The van der Waals surface area contributed by atoms with Gasteiger partial charge in [-0.25, -0.2) is 0 Å². The molecule has 4 heteroatoms. The van der Waals surface area contributed by atoms with E-state index in [0.717, 1.165) is 0 Å². The lowest BCUT2D eigenvalue weighted by Crippen LogP contribution is -2.19. The van der Waals surface area contributed by atoms with Crippen LogP contribution in [0, 0.1) is 5.92 Å². The lowest BCUT2D eigenvalue weighted by molar-refractivity contribution is 0.114. The summed E-state index contributed by atoms with van der Waals surface area (Å²) in [6.07, 6.45) is 0.300. The number of hydrogen-bond donors (Lipinski definition) is 4. The van der Waals surface area contributed by atoms with Gasteiger partial charge in [0.1, 0.15) is 0 Å². The zero-order valence-corrected chi connectivity index (χ0v) is 7.48. The van der Waals surface area contributed by atoms with Gasteiger partial charge in [0.05, 0.1) is 19.3 Å². The maximum atomic E-state index is 9.55. The van der Waals surface area contributed by atoms with Crippen molar-refractivity contribution in [2.75, 3.05) is 19.8 Å². The summed E-state index contributed by atoms with van der Waals surface area (Å²) >= 11 is 0. The molecule has 0 saturated carbocycles. The molecule has 0 aliphatic heterocycles. The fourth-order valence-corrected chi connectivity index (χ4v) is 1.92. The highest BCUT2D eigenvalue weighted by atomic mass is 16.3. The molecule has 0 heterocycles. The van der Waals surface area contributed by atoms with Gasteiger partial charge in [0.2, 0.25) is 0 Å². The van der Waals surface area contributed by atoms with E-state index in [2.05, 4.69) is 0 Å². The molecule has 0 bridgehead atoms. The molecule has 4 nitrogen and oxygen atoms in total. The first-order valence-electron chi connectivity index (χ1n) is 4.46. The first-order chi connectivity index (χ1) is 6.24. The fourth-order valence-electron chi connectivity index (χ4n) is 1.92. The smallest absolute Gasteiger partial charge is 0.0648 e. The Morgan fingerprint density at radius 3 is 2.31 bits per heavy atom. The molecule has 0 aromatic heterocycles. The van der Waals surface area contributed by atoms with E-state index >= 15 is 0 Å². The number of aliphatic hydroxyl groups is 4. The first-order valence-corrected chi connectivity index (χ1v) is 4.46. The summed E-state index contributed by atoms with van der Waals surface area (Å²) in [5.74, 6) is -0.183. The van der Waals surface area contributed by atoms with Crippen LogP contribution in [0.25, 0.3) is 0 Å². The van der Waals surface area contributed by atoms with Crippen molar-refractivity contribution in [3.05, 3.63) is 11.1 Å². The third kappa shape index (κ3) is 2.08. The summed E-state index contributed by atoms with van der Waals surface area (Å²) in [6, 6.07) is 0. The molecule has 4 N–H and O–H groups in total. The molecular weight excluding hydrogens is 172 g/mol. The van der Waals surface area contributed by atoms with Gasteiger partial charge in [0, 0.05) is 12.5 Å². The SMILES string of the molecule is OCC[C@@H]1C(CO)=C(CO)CC1O. The highest BCUT2D eigenvalue weighted by molar-refractivity contribution is 5.26. The Morgan fingerprint density at radius 2 is 1.85 bits per heavy atom. The molecule has 13 heavy (non-hydrogen) atoms. The van der Waals surface area contributed by atoms with Crippen LogP contribution in [-0.2, 0) is 0 Å². The van der Waals surface area contributed by atoms with E-state index in [1.54, 1.807) is 0 Å². The number of rotatable bonds is 4. The highest BCUT2D eigenvalue weighted by Crippen LogP contribution is 2.33. The summed E-state index contributed by atoms with van der Waals surface area (Å²) in [5.41, 5.74) is 1.41. The Bertz CT molecular complexity index is 200. The molecule has 2 atom stereocenters. The maximum Gasteiger partial charge on any atom is 0.0648 e. The first kappa shape index (κ1) is 10.7. The Hall–Kier alpha value is -0.420. The van der Waals surface area contributed by atoms with Crippen molar-refractivity contribution in [3.8, 4) is 0 Å². The average molecular weight is 188 g/mol. The Kier molecular flexibility index (Phi) is 3.87. The number of aliphatic hydroxyl groups excluding tert-OH is 4. The molecule has 0 spiro atoms. The van der Waals surface area contributed by atoms with Gasteiger partial charge in [-0.2, -0.15) is 0 Å². The minimum Gasteiger partial charge on any atom is -0.396 e. The average Bonchev–Trinajstić information content (AvgIpc) is 2.44. The van der Waals surface area contributed by atoms with Gasteiger partial charge in [0.25, 0.3) is 0 Å². The van der Waals surface area contributed by atoms with Gasteiger partial charge in [-0.15, -0.1) is 0 Å². The van der Waals surface area contributed by atoms with Crippen LogP contribution in [0.1, 0.15) is 12.8 Å². The summed E-state index contributed by atoms with van der Waals surface area (Å²) in [7, 11) is 0. The van der Waals surface area contributed by atoms with E-state index in [4.69, 9.17) is 15.3 Å². The second kappa shape index (κ2) is 4.72. The topological polar surface area (TPSA) is 80.9 Å². The molecule has 1 rings (SSSR count). The number of hydrogen-bond acceptors (Lipinski definition) is 4. The van der Waals surface area contributed by atoms with Gasteiger partial charge in [-0.05, 0) is 24.0 Å². The van der Waals surface area contributed by atoms with Crippen LogP contribution >= 0.6 is 0 Å². The van der Waals surface area contributed by atoms with Crippen molar-refractivity contribution >= 4 is 0 Å². The lowest BCUT2D eigenvalue weighted by Gasteiger charge is -2.16. The summed E-state index contributed by atoms with van der Waals surface area (Å²) in [6.45, 7) is -0.267. The predicted molar refractivity (Wildman–Crippen MR) is 47.0 cm³/mol. The van der Waals surface area contributed by atoms with Crippen molar-refractivity contribution in [1.82, 2.24) is 0 Å². The minimum absolute atomic E-state index is 0.00998. The summed E-state index contributed by atoms with van der Waals surface area (Å²) in [5, 5.41) is 36.2. The summed E-state index contributed by atoms with van der Waals surface area (Å²) in [4.78, 5) is 0. The fraction of sp³-hybridized carbons (Fsp3) is 0.778. The van der Waals surface area contributed by atoms with Crippen molar-refractivity contribution in [2.24, 2.45) is 5.92 Å². The van der Waals surface area contributed by atoms with Crippen LogP contribution in [0.3, 0.4) is 0 Å². The Morgan fingerprint density at radius 1 is 1.15 bits per heavy atom. The second-order valence-electron chi connectivity index (χ2n) is 3.34. The van der Waals surface area contributed by atoms with Crippen LogP contribution in [0.2, 0.25) is 0 Å². The third-order valence-corrected chi connectivity index (χ3v) is 2.62. The van der Waals surface area contributed by atoms with Gasteiger partial charge < -0.3 is 20.4 Å². The Balaban J connectivity index is 2.75. The van der Waals surface area contributed by atoms with Crippen molar-refractivity contribution < 1.29 is 20.4 Å². The molecule has 0 radical (unpaired) electrons. The molecule has 1 aliphatic rings. The van der Waals surface area contributed by atoms with Crippen LogP contribution < -0.4 is 0 Å². The van der Waals surface area contributed by atoms with Crippen LogP contribution in [0.15, 0.2) is 11.1 Å². The van der Waals surface area contributed by atoms with E-state index in [1.807, 2.05) is 0 Å². The second-order valence-corrected chi connectivity index (χ2v) is 3.34. The molecule has 0 aromatic carbocycles.